The third kappa shape index (κ3) is 3.85. The quantitative estimate of drug-likeness (QED) is 0.627. The molecule has 0 aliphatic rings. The van der Waals surface area contributed by atoms with Crippen molar-refractivity contribution in [3.05, 3.63) is 65.9 Å². The molecular formula is C19H16FNO4. The number of halogens is 1. The van der Waals surface area contributed by atoms with Gasteiger partial charge >= 0.3 is 0 Å². The number of Topliss-reactive ketones (excluding diaryl/α,β-unsaturated/α-hetero) is 1. The molecule has 0 aliphatic carbocycles. The fourth-order valence-electron chi connectivity index (χ4n) is 2.27. The molecule has 25 heavy (non-hydrogen) atoms. The third-order valence-corrected chi connectivity index (χ3v) is 3.60. The molecule has 6 heteroatoms. The molecule has 1 aromatic heterocycles. The number of oxazole rings is 1. The van der Waals surface area contributed by atoms with Crippen molar-refractivity contribution in [2.24, 2.45) is 0 Å². The summed E-state index contributed by atoms with van der Waals surface area (Å²) in [5.41, 5.74) is 1.27. The van der Waals surface area contributed by atoms with Crippen LogP contribution in [0.2, 0.25) is 0 Å². The SMILES string of the molecule is COc1cc(C(C)=O)ccc1OCc1ncc(-c2ccc(F)cc2)o1. The lowest BCUT2D eigenvalue weighted by Crippen LogP contribution is -2.00. The van der Waals surface area contributed by atoms with Crippen LogP contribution in [0.25, 0.3) is 11.3 Å². The maximum atomic E-state index is 13.0. The largest absolute Gasteiger partial charge is 0.493 e. The predicted molar refractivity (Wildman–Crippen MR) is 89.2 cm³/mol. The van der Waals surface area contributed by atoms with E-state index in [2.05, 4.69) is 4.98 Å². The van der Waals surface area contributed by atoms with Gasteiger partial charge in [-0.1, -0.05) is 0 Å². The molecule has 0 N–H and O–H groups in total. The van der Waals surface area contributed by atoms with Gasteiger partial charge in [-0.2, -0.15) is 0 Å². The zero-order valence-electron chi connectivity index (χ0n) is 13.8. The second-order valence-electron chi connectivity index (χ2n) is 5.34. The van der Waals surface area contributed by atoms with E-state index in [0.29, 0.717) is 28.7 Å². The summed E-state index contributed by atoms with van der Waals surface area (Å²) in [5.74, 6) is 1.47. The van der Waals surface area contributed by atoms with Gasteiger partial charge in [-0.05, 0) is 49.4 Å². The molecule has 0 radical (unpaired) electrons. The Morgan fingerprint density at radius 3 is 2.60 bits per heavy atom. The minimum atomic E-state index is -0.312. The number of rotatable bonds is 6. The normalized spacial score (nSPS) is 10.5. The summed E-state index contributed by atoms with van der Waals surface area (Å²) in [7, 11) is 1.50. The maximum Gasteiger partial charge on any atom is 0.232 e. The lowest BCUT2D eigenvalue weighted by Gasteiger charge is -2.10. The Kier molecular flexibility index (Phi) is 4.79. The maximum absolute atomic E-state index is 13.0. The lowest BCUT2D eigenvalue weighted by molar-refractivity contribution is 0.101. The number of nitrogens with zero attached hydrogens (tertiary/aromatic N) is 1. The van der Waals surface area contributed by atoms with Gasteiger partial charge in [0.2, 0.25) is 5.89 Å². The smallest absolute Gasteiger partial charge is 0.232 e. The number of methoxy groups -OCH3 is 1. The molecule has 3 aromatic rings. The first-order valence-corrected chi connectivity index (χ1v) is 7.59. The molecule has 2 aromatic carbocycles. The lowest BCUT2D eigenvalue weighted by atomic mass is 10.1. The van der Waals surface area contributed by atoms with Crippen molar-refractivity contribution in [1.29, 1.82) is 0 Å². The number of hydrogen-bond donors (Lipinski definition) is 0. The first kappa shape index (κ1) is 16.7. The molecule has 0 saturated heterocycles. The molecule has 0 bridgehead atoms. The van der Waals surface area contributed by atoms with Gasteiger partial charge in [0.15, 0.2) is 29.6 Å². The van der Waals surface area contributed by atoms with Gasteiger partial charge < -0.3 is 13.9 Å². The molecule has 0 aliphatic heterocycles. The standard InChI is InChI=1S/C19H16FNO4/c1-12(22)14-5-8-16(17(9-14)23-2)24-11-19-21-10-18(25-19)13-3-6-15(20)7-4-13/h3-10H,11H2,1-2H3. The Hall–Kier alpha value is -3.15. The molecule has 0 saturated carbocycles. The summed E-state index contributed by atoms with van der Waals surface area (Å²) in [6.07, 6.45) is 1.56. The van der Waals surface area contributed by atoms with Crippen LogP contribution in [-0.4, -0.2) is 17.9 Å². The molecule has 0 atom stereocenters. The van der Waals surface area contributed by atoms with E-state index >= 15 is 0 Å². The summed E-state index contributed by atoms with van der Waals surface area (Å²) in [4.78, 5) is 15.6. The van der Waals surface area contributed by atoms with Crippen molar-refractivity contribution in [1.82, 2.24) is 4.98 Å². The van der Waals surface area contributed by atoms with Crippen LogP contribution >= 0.6 is 0 Å². The minimum Gasteiger partial charge on any atom is -0.493 e. The van der Waals surface area contributed by atoms with Crippen LogP contribution in [0.4, 0.5) is 4.39 Å². The highest BCUT2D eigenvalue weighted by atomic mass is 19.1. The number of hydrogen-bond acceptors (Lipinski definition) is 5. The van der Waals surface area contributed by atoms with E-state index in [0.717, 1.165) is 5.56 Å². The zero-order valence-corrected chi connectivity index (χ0v) is 13.8. The van der Waals surface area contributed by atoms with Crippen LogP contribution < -0.4 is 9.47 Å². The van der Waals surface area contributed by atoms with Gasteiger partial charge in [0.1, 0.15) is 5.82 Å². The number of aromatic nitrogens is 1. The van der Waals surface area contributed by atoms with Crippen LogP contribution in [0, 0.1) is 5.82 Å². The van der Waals surface area contributed by atoms with Crippen LogP contribution in [0.5, 0.6) is 11.5 Å². The number of carbonyl (C=O) groups excluding carboxylic acids is 1. The second-order valence-corrected chi connectivity index (χ2v) is 5.34. The van der Waals surface area contributed by atoms with Crippen molar-refractivity contribution >= 4 is 5.78 Å². The molecule has 1 heterocycles. The van der Waals surface area contributed by atoms with Crippen LogP contribution in [0.15, 0.2) is 53.1 Å². The number of ketones is 1. The van der Waals surface area contributed by atoms with Gasteiger partial charge in [0, 0.05) is 11.1 Å². The molecular weight excluding hydrogens is 325 g/mol. The first-order valence-electron chi connectivity index (χ1n) is 7.59. The highest BCUT2D eigenvalue weighted by molar-refractivity contribution is 5.94. The Labute approximate surface area is 144 Å². The third-order valence-electron chi connectivity index (χ3n) is 3.60. The van der Waals surface area contributed by atoms with Crippen LogP contribution in [-0.2, 0) is 6.61 Å². The van der Waals surface area contributed by atoms with Gasteiger partial charge in [-0.3, -0.25) is 4.79 Å². The average Bonchev–Trinajstić information content (AvgIpc) is 3.09. The number of ether oxygens (including phenoxy) is 2. The van der Waals surface area contributed by atoms with Gasteiger partial charge in [-0.15, -0.1) is 0 Å². The molecule has 5 nitrogen and oxygen atoms in total. The molecule has 3 rings (SSSR count). The Morgan fingerprint density at radius 2 is 1.92 bits per heavy atom. The number of benzene rings is 2. The van der Waals surface area contributed by atoms with Gasteiger partial charge in [-0.25, -0.2) is 9.37 Å². The van der Waals surface area contributed by atoms with Crippen molar-refractivity contribution in [3.63, 3.8) is 0 Å². The van der Waals surface area contributed by atoms with Gasteiger partial charge in [0.25, 0.3) is 0 Å². The van der Waals surface area contributed by atoms with E-state index in [9.17, 15) is 9.18 Å². The van der Waals surface area contributed by atoms with E-state index in [4.69, 9.17) is 13.9 Å². The van der Waals surface area contributed by atoms with E-state index in [1.165, 1.54) is 26.2 Å². The van der Waals surface area contributed by atoms with E-state index in [1.54, 1.807) is 36.5 Å². The van der Waals surface area contributed by atoms with Gasteiger partial charge in [0.05, 0.1) is 13.3 Å². The Morgan fingerprint density at radius 1 is 1.16 bits per heavy atom. The van der Waals surface area contributed by atoms with Crippen LogP contribution in [0.1, 0.15) is 23.2 Å². The van der Waals surface area contributed by atoms with Crippen molar-refractivity contribution < 1.29 is 23.1 Å². The summed E-state index contributed by atoms with van der Waals surface area (Å²) in [6, 6.07) is 10.9. The Balaban J connectivity index is 1.72. The van der Waals surface area contributed by atoms with Crippen LogP contribution in [0.3, 0.4) is 0 Å². The molecule has 128 valence electrons. The van der Waals surface area contributed by atoms with E-state index in [1.807, 2.05) is 0 Å². The monoisotopic (exact) mass is 341 g/mol. The number of carbonyl (C=O) groups is 1. The minimum absolute atomic E-state index is 0.0542. The summed E-state index contributed by atoms with van der Waals surface area (Å²) in [5, 5.41) is 0. The van der Waals surface area contributed by atoms with Crippen molar-refractivity contribution in [3.8, 4) is 22.8 Å². The highest BCUT2D eigenvalue weighted by Crippen LogP contribution is 2.29. The van der Waals surface area contributed by atoms with Crippen molar-refractivity contribution in [2.45, 2.75) is 13.5 Å². The average molecular weight is 341 g/mol. The Bertz CT molecular complexity index is 887. The summed E-state index contributed by atoms with van der Waals surface area (Å²) in [6.45, 7) is 1.58. The fourth-order valence-corrected chi connectivity index (χ4v) is 2.27. The topological polar surface area (TPSA) is 61.6 Å². The highest BCUT2D eigenvalue weighted by Gasteiger charge is 2.11. The first-order chi connectivity index (χ1) is 12.1. The molecule has 0 amide bonds. The zero-order chi connectivity index (χ0) is 17.8. The summed E-state index contributed by atoms with van der Waals surface area (Å²) < 4.78 is 29.5. The van der Waals surface area contributed by atoms with Crippen molar-refractivity contribution in [2.75, 3.05) is 7.11 Å². The molecule has 0 unspecified atom stereocenters. The molecule has 0 spiro atoms. The molecule has 0 fully saturated rings. The predicted octanol–water partition coefficient (Wildman–Crippen LogP) is 4.27. The second kappa shape index (κ2) is 7.17. The summed E-state index contributed by atoms with van der Waals surface area (Å²) >= 11 is 0. The van der Waals surface area contributed by atoms with E-state index in [-0.39, 0.29) is 18.2 Å². The van der Waals surface area contributed by atoms with E-state index < -0.39 is 0 Å². The fraction of sp³-hybridized carbons (Fsp3) is 0.158.